The maximum absolute atomic E-state index is 12.0. The van der Waals surface area contributed by atoms with Crippen molar-refractivity contribution >= 4 is 15.9 Å². The molecule has 20 heavy (non-hydrogen) atoms. The highest BCUT2D eigenvalue weighted by Crippen LogP contribution is 2.17. The van der Waals surface area contributed by atoms with Gasteiger partial charge in [0.05, 0.1) is 6.54 Å². The van der Waals surface area contributed by atoms with E-state index in [9.17, 15) is 9.59 Å². The Hall–Kier alpha value is -1.82. The van der Waals surface area contributed by atoms with Crippen LogP contribution in [-0.4, -0.2) is 16.4 Å². The van der Waals surface area contributed by atoms with Gasteiger partial charge >= 0.3 is 0 Å². The SMILES string of the molecule is Cc1c(C)c(=O)n(CCOc2cccc(Br)c2)[nH]c1=O. The molecule has 0 saturated heterocycles. The number of halogens is 1. The Kier molecular flexibility index (Phi) is 4.44. The normalized spacial score (nSPS) is 10.6. The van der Waals surface area contributed by atoms with Crippen LogP contribution in [0.15, 0.2) is 38.3 Å². The minimum Gasteiger partial charge on any atom is -0.492 e. The molecule has 0 aliphatic carbocycles. The number of nitrogens with one attached hydrogen (secondary N) is 1. The minimum atomic E-state index is -0.246. The molecule has 1 heterocycles. The fraction of sp³-hybridized carbons (Fsp3) is 0.286. The second-order valence-corrected chi connectivity index (χ2v) is 5.37. The summed E-state index contributed by atoms with van der Waals surface area (Å²) in [5.74, 6) is 0.707. The van der Waals surface area contributed by atoms with Gasteiger partial charge in [-0.3, -0.25) is 14.7 Å². The monoisotopic (exact) mass is 338 g/mol. The first kappa shape index (κ1) is 14.6. The smallest absolute Gasteiger partial charge is 0.268 e. The number of hydrogen-bond acceptors (Lipinski definition) is 3. The van der Waals surface area contributed by atoms with E-state index in [1.54, 1.807) is 13.8 Å². The molecule has 0 fully saturated rings. The molecular weight excluding hydrogens is 324 g/mol. The van der Waals surface area contributed by atoms with Crippen LogP contribution in [-0.2, 0) is 6.54 Å². The van der Waals surface area contributed by atoms with E-state index in [4.69, 9.17) is 4.74 Å². The van der Waals surface area contributed by atoms with Gasteiger partial charge in [-0.15, -0.1) is 0 Å². The molecule has 6 heteroatoms. The van der Waals surface area contributed by atoms with E-state index in [1.165, 1.54) is 4.68 Å². The first-order valence-corrected chi connectivity index (χ1v) is 6.97. The average Bonchev–Trinajstić information content (AvgIpc) is 2.42. The van der Waals surface area contributed by atoms with Gasteiger partial charge in [-0.1, -0.05) is 22.0 Å². The summed E-state index contributed by atoms with van der Waals surface area (Å²) in [4.78, 5) is 23.6. The molecule has 0 bridgehead atoms. The summed E-state index contributed by atoms with van der Waals surface area (Å²) < 4.78 is 7.75. The summed E-state index contributed by atoms with van der Waals surface area (Å²) in [7, 11) is 0. The van der Waals surface area contributed by atoms with Crippen LogP contribution in [0.4, 0.5) is 0 Å². The molecule has 2 rings (SSSR count). The third kappa shape index (κ3) is 3.19. The summed E-state index contributed by atoms with van der Waals surface area (Å²) in [6, 6.07) is 7.43. The Balaban J connectivity index is 2.09. The van der Waals surface area contributed by atoms with Crippen LogP contribution in [0.1, 0.15) is 11.1 Å². The summed E-state index contributed by atoms with van der Waals surface area (Å²) in [6.07, 6.45) is 0. The lowest BCUT2D eigenvalue weighted by Gasteiger charge is -2.09. The molecule has 1 aromatic carbocycles. The maximum atomic E-state index is 12.0. The highest BCUT2D eigenvalue weighted by Gasteiger charge is 2.07. The second-order valence-electron chi connectivity index (χ2n) is 4.45. The number of benzene rings is 1. The van der Waals surface area contributed by atoms with Crippen molar-refractivity contribution < 1.29 is 4.74 Å². The summed E-state index contributed by atoms with van der Waals surface area (Å²) in [5, 5.41) is 2.54. The van der Waals surface area contributed by atoms with Gasteiger partial charge in [-0.25, -0.2) is 4.68 Å². The lowest BCUT2D eigenvalue weighted by atomic mass is 10.2. The average molecular weight is 339 g/mol. The Morgan fingerprint density at radius 3 is 2.70 bits per heavy atom. The molecular formula is C14H15BrN2O3. The van der Waals surface area contributed by atoms with Crippen LogP contribution in [0.25, 0.3) is 0 Å². The molecule has 0 saturated carbocycles. The van der Waals surface area contributed by atoms with Gasteiger partial charge in [0.25, 0.3) is 11.1 Å². The Morgan fingerprint density at radius 2 is 2.00 bits per heavy atom. The van der Waals surface area contributed by atoms with Crippen molar-refractivity contribution in [3.05, 3.63) is 60.6 Å². The van der Waals surface area contributed by atoms with E-state index >= 15 is 0 Å². The maximum Gasteiger partial charge on any atom is 0.268 e. The van der Waals surface area contributed by atoms with E-state index in [2.05, 4.69) is 21.0 Å². The molecule has 106 valence electrons. The predicted octanol–water partition coefficient (Wildman–Crippen LogP) is 1.99. The zero-order valence-corrected chi connectivity index (χ0v) is 12.9. The van der Waals surface area contributed by atoms with Crippen molar-refractivity contribution in [1.29, 1.82) is 0 Å². The predicted molar refractivity (Wildman–Crippen MR) is 80.4 cm³/mol. The summed E-state index contributed by atoms with van der Waals surface area (Å²) >= 11 is 3.35. The van der Waals surface area contributed by atoms with Crippen molar-refractivity contribution in [2.45, 2.75) is 20.4 Å². The fourth-order valence-electron chi connectivity index (χ4n) is 1.76. The van der Waals surface area contributed by atoms with Gasteiger partial charge in [0, 0.05) is 15.6 Å². The first-order chi connectivity index (χ1) is 9.49. The third-order valence-electron chi connectivity index (χ3n) is 3.09. The number of hydrogen-bond donors (Lipinski definition) is 1. The highest BCUT2D eigenvalue weighted by molar-refractivity contribution is 9.10. The molecule has 1 N–H and O–H groups in total. The van der Waals surface area contributed by atoms with Gasteiger partial charge in [-0.2, -0.15) is 0 Å². The first-order valence-electron chi connectivity index (χ1n) is 6.17. The topological polar surface area (TPSA) is 64.1 Å². The van der Waals surface area contributed by atoms with Crippen molar-refractivity contribution in [3.8, 4) is 5.75 Å². The zero-order valence-electron chi connectivity index (χ0n) is 11.3. The van der Waals surface area contributed by atoms with Gasteiger partial charge in [-0.05, 0) is 32.0 Å². The summed E-state index contributed by atoms with van der Waals surface area (Å²) in [5.41, 5.74) is 0.486. The molecule has 0 aliphatic heterocycles. The molecule has 5 nitrogen and oxygen atoms in total. The lowest BCUT2D eigenvalue weighted by Crippen LogP contribution is -2.34. The number of ether oxygens (including phenoxy) is 1. The van der Waals surface area contributed by atoms with Crippen LogP contribution < -0.4 is 15.9 Å². The summed E-state index contributed by atoms with van der Waals surface area (Å²) in [6.45, 7) is 3.88. The number of aromatic amines is 1. The van der Waals surface area contributed by atoms with Gasteiger partial charge in [0.15, 0.2) is 0 Å². The third-order valence-corrected chi connectivity index (χ3v) is 3.58. The minimum absolute atomic E-state index is 0.194. The standard InChI is InChI=1S/C14H15BrN2O3/c1-9-10(2)14(19)17(16-13(9)18)6-7-20-12-5-3-4-11(15)8-12/h3-5,8H,6-7H2,1-2H3,(H,16,18). The van der Waals surface area contributed by atoms with Crippen molar-refractivity contribution in [1.82, 2.24) is 9.78 Å². The number of H-pyrrole nitrogens is 1. The van der Waals surface area contributed by atoms with Crippen LogP contribution in [0.3, 0.4) is 0 Å². The van der Waals surface area contributed by atoms with Crippen molar-refractivity contribution in [2.24, 2.45) is 0 Å². The van der Waals surface area contributed by atoms with Gasteiger partial charge in [0.2, 0.25) is 0 Å². The van der Waals surface area contributed by atoms with Crippen LogP contribution in [0.5, 0.6) is 5.75 Å². The quantitative estimate of drug-likeness (QED) is 0.927. The Morgan fingerprint density at radius 1 is 1.25 bits per heavy atom. The lowest BCUT2D eigenvalue weighted by molar-refractivity contribution is 0.286. The van der Waals surface area contributed by atoms with Gasteiger partial charge in [0.1, 0.15) is 12.4 Å². The largest absolute Gasteiger partial charge is 0.492 e. The molecule has 2 aromatic rings. The van der Waals surface area contributed by atoms with E-state index in [1.807, 2.05) is 24.3 Å². The van der Waals surface area contributed by atoms with E-state index < -0.39 is 0 Å². The van der Waals surface area contributed by atoms with E-state index in [-0.39, 0.29) is 11.1 Å². The van der Waals surface area contributed by atoms with Gasteiger partial charge < -0.3 is 4.74 Å². The number of aromatic nitrogens is 2. The number of nitrogens with zero attached hydrogens (tertiary/aromatic N) is 1. The molecule has 0 unspecified atom stereocenters. The fourth-order valence-corrected chi connectivity index (χ4v) is 2.14. The van der Waals surface area contributed by atoms with Crippen molar-refractivity contribution in [2.75, 3.05) is 6.61 Å². The molecule has 0 spiro atoms. The van der Waals surface area contributed by atoms with E-state index in [0.29, 0.717) is 30.0 Å². The van der Waals surface area contributed by atoms with Crippen LogP contribution in [0.2, 0.25) is 0 Å². The van der Waals surface area contributed by atoms with Crippen LogP contribution in [0, 0.1) is 13.8 Å². The second kappa shape index (κ2) is 6.09. The number of rotatable bonds is 4. The molecule has 0 amide bonds. The molecule has 0 atom stereocenters. The Bertz CT molecular complexity index is 734. The van der Waals surface area contributed by atoms with E-state index in [0.717, 1.165) is 4.47 Å². The van der Waals surface area contributed by atoms with Crippen LogP contribution >= 0.6 is 15.9 Å². The highest BCUT2D eigenvalue weighted by atomic mass is 79.9. The molecule has 1 aromatic heterocycles. The zero-order chi connectivity index (χ0) is 14.7. The van der Waals surface area contributed by atoms with Crippen molar-refractivity contribution in [3.63, 3.8) is 0 Å². The Labute approximate surface area is 124 Å². The molecule has 0 radical (unpaired) electrons. The molecule has 0 aliphatic rings.